The first-order valence-electron chi connectivity index (χ1n) is 6.60. The van der Waals surface area contributed by atoms with Gasteiger partial charge in [-0.2, -0.15) is 0 Å². The summed E-state index contributed by atoms with van der Waals surface area (Å²) in [5.41, 5.74) is 0.248. The van der Waals surface area contributed by atoms with E-state index in [1.54, 1.807) is 7.11 Å². The molecule has 0 fully saturated rings. The standard InChI is InChI=1S/C15H24O3/c1-5-15(6-2,17-4)14(16)12-10-8-9-11-13(12)18-7-3/h8-11,14,16H,5-7H2,1-4H3. The summed E-state index contributed by atoms with van der Waals surface area (Å²) in [5, 5.41) is 10.6. The van der Waals surface area contributed by atoms with E-state index in [1.165, 1.54) is 0 Å². The number of methoxy groups -OCH3 is 1. The zero-order valence-electron chi connectivity index (χ0n) is 11.8. The number of aliphatic hydroxyl groups excluding tert-OH is 1. The van der Waals surface area contributed by atoms with Gasteiger partial charge in [0.15, 0.2) is 0 Å². The number of hydrogen-bond donors (Lipinski definition) is 1. The molecule has 0 aliphatic heterocycles. The van der Waals surface area contributed by atoms with Crippen LogP contribution in [0.2, 0.25) is 0 Å². The third-order valence-corrected chi connectivity index (χ3v) is 3.62. The largest absolute Gasteiger partial charge is 0.493 e. The number of ether oxygens (including phenoxy) is 2. The van der Waals surface area contributed by atoms with Gasteiger partial charge in [-0.05, 0) is 25.8 Å². The second kappa shape index (κ2) is 6.76. The smallest absolute Gasteiger partial charge is 0.125 e. The van der Waals surface area contributed by atoms with E-state index in [0.29, 0.717) is 6.61 Å². The molecule has 0 aromatic heterocycles. The molecule has 18 heavy (non-hydrogen) atoms. The van der Waals surface area contributed by atoms with Gasteiger partial charge in [0, 0.05) is 12.7 Å². The summed E-state index contributed by atoms with van der Waals surface area (Å²) in [6.45, 7) is 6.58. The van der Waals surface area contributed by atoms with Crippen LogP contribution in [0.25, 0.3) is 0 Å². The van der Waals surface area contributed by atoms with Gasteiger partial charge in [0.1, 0.15) is 11.9 Å². The lowest BCUT2D eigenvalue weighted by Crippen LogP contribution is -2.37. The molecule has 1 atom stereocenters. The maximum absolute atomic E-state index is 10.6. The zero-order chi connectivity index (χ0) is 13.6. The molecular weight excluding hydrogens is 228 g/mol. The predicted octanol–water partition coefficient (Wildman–Crippen LogP) is 3.32. The Labute approximate surface area is 110 Å². The average Bonchev–Trinajstić information content (AvgIpc) is 2.42. The lowest BCUT2D eigenvalue weighted by molar-refractivity contribution is -0.110. The Morgan fingerprint density at radius 1 is 1.17 bits per heavy atom. The van der Waals surface area contributed by atoms with Crippen molar-refractivity contribution in [1.29, 1.82) is 0 Å². The molecule has 3 nitrogen and oxygen atoms in total. The maximum Gasteiger partial charge on any atom is 0.125 e. The van der Waals surface area contributed by atoms with Crippen molar-refractivity contribution in [2.45, 2.75) is 45.3 Å². The summed E-state index contributed by atoms with van der Waals surface area (Å²) < 4.78 is 11.2. The minimum Gasteiger partial charge on any atom is -0.493 e. The van der Waals surface area contributed by atoms with Crippen molar-refractivity contribution in [3.63, 3.8) is 0 Å². The third-order valence-electron chi connectivity index (χ3n) is 3.62. The normalized spacial score (nSPS) is 13.4. The summed E-state index contributed by atoms with van der Waals surface area (Å²) in [5.74, 6) is 0.732. The summed E-state index contributed by atoms with van der Waals surface area (Å²) >= 11 is 0. The Morgan fingerprint density at radius 3 is 2.28 bits per heavy atom. The highest BCUT2D eigenvalue weighted by Gasteiger charge is 2.37. The topological polar surface area (TPSA) is 38.7 Å². The van der Waals surface area contributed by atoms with Crippen molar-refractivity contribution in [2.24, 2.45) is 0 Å². The van der Waals surface area contributed by atoms with Gasteiger partial charge in [-0.3, -0.25) is 0 Å². The fourth-order valence-electron chi connectivity index (χ4n) is 2.31. The third kappa shape index (κ3) is 2.85. The Hall–Kier alpha value is -1.06. The van der Waals surface area contributed by atoms with Crippen LogP contribution in [-0.4, -0.2) is 24.4 Å². The molecule has 0 spiro atoms. The van der Waals surface area contributed by atoms with E-state index >= 15 is 0 Å². The molecule has 0 bridgehead atoms. The predicted molar refractivity (Wildman–Crippen MR) is 72.9 cm³/mol. The van der Waals surface area contributed by atoms with Crippen molar-refractivity contribution >= 4 is 0 Å². The highest BCUT2D eigenvalue weighted by atomic mass is 16.5. The quantitative estimate of drug-likeness (QED) is 0.809. The van der Waals surface area contributed by atoms with Gasteiger partial charge in [0.05, 0.1) is 12.2 Å². The van der Waals surface area contributed by atoms with Crippen LogP contribution in [0.3, 0.4) is 0 Å². The molecule has 0 radical (unpaired) electrons. The zero-order valence-corrected chi connectivity index (χ0v) is 11.8. The van der Waals surface area contributed by atoms with Crippen LogP contribution in [0.15, 0.2) is 24.3 Å². The first-order valence-corrected chi connectivity index (χ1v) is 6.60. The minimum absolute atomic E-state index is 0.548. The number of benzene rings is 1. The van der Waals surface area contributed by atoms with Gasteiger partial charge in [-0.15, -0.1) is 0 Å². The van der Waals surface area contributed by atoms with E-state index in [0.717, 1.165) is 24.2 Å². The van der Waals surface area contributed by atoms with E-state index in [4.69, 9.17) is 9.47 Å². The molecule has 1 aromatic carbocycles. The maximum atomic E-state index is 10.6. The molecule has 0 aliphatic rings. The van der Waals surface area contributed by atoms with E-state index in [2.05, 4.69) is 0 Å². The van der Waals surface area contributed by atoms with Gasteiger partial charge in [-0.25, -0.2) is 0 Å². The molecule has 0 saturated heterocycles. The summed E-state index contributed by atoms with van der Waals surface area (Å²) in [7, 11) is 1.65. The number of para-hydroxylation sites is 1. The van der Waals surface area contributed by atoms with Crippen LogP contribution >= 0.6 is 0 Å². The van der Waals surface area contributed by atoms with Crippen molar-refractivity contribution < 1.29 is 14.6 Å². The van der Waals surface area contributed by atoms with Crippen LogP contribution in [0.4, 0.5) is 0 Å². The number of rotatable bonds is 7. The monoisotopic (exact) mass is 252 g/mol. The first kappa shape index (κ1) is 15.0. The van der Waals surface area contributed by atoms with Gasteiger partial charge in [0.2, 0.25) is 0 Å². The number of aliphatic hydroxyl groups is 1. The van der Waals surface area contributed by atoms with Crippen molar-refractivity contribution in [2.75, 3.05) is 13.7 Å². The van der Waals surface area contributed by atoms with E-state index in [1.807, 2.05) is 45.0 Å². The molecule has 0 amide bonds. The van der Waals surface area contributed by atoms with Gasteiger partial charge in [-0.1, -0.05) is 32.0 Å². The second-order valence-electron chi connectivity index (χ2n) is 4.35. The van der Waals surface area contributed by atoms with Crippen LogP contribution < -0.4 is 4.74 Å². The molecule has 0 aliphatic carbocycles. The molecule has 1 aromatic rings. The van der Waals surface area contributed by atoms with Crippen LogP contribution in [-0.2, 0) is 4.74 Å². The van der Waals surface area contributed by atoms with Crippen LogP contribution in [0, 0.1) is 0 Å². The fraction of sp³-hybridized carbons (Fsp3) is 0.600. The molecule has 0 saturated carbocycles. The van der Waals surface area contributed by atoms with E-state index < -0.39 is 11.7 Å². The van der Waals surface area contributed by atoms with E-state index in [9.17, 15) is 5.11 Å². The van der Waals surface area contributed by atoms with Gasteiger partial charge in [0.25, 0.3) is 0 Å². The molecule has 3 heteroatoms. The summed E-state index contributed by atoms with van der Waals surface area (Å²) in [4.78, 5) is 0. The molecule has 102 valence electrons. The SMILES string of the molecule is CCOc1ccccc1C(O)C(CC)(CC)OC. The number of hydrogen-bond acceptors (Lipinski definition) is 3. The van der Waals surface area contributed by atoms with Crippen molar-refractivity contribution in [1.82, 2.24) is 0 Å². The summed E-state index contributed by atoms with van der Waals surface area (Å²) in [6.07, 6.45) is 0.823. The van der Waals surface area contributed by atoms with Crippen LogP contribution in [0.1, 0.15) is 45.3 Å². The van der Waals surface area contributed by atoms with Crippen molar-refractivity contribution in [3.8, 4) is 5.75 Å². The van der Waals surface area contributed by atoms with Gasteiger partial charge >= 0.3 is 0 Å². The molecule has 0 heterocycles. The average molecular weight is 252 g/mol. The van der Waals surface area contributed by atoms with Crippen molar-refractivity contribution in [3.05, 3.63) is 29.8 Å². The molecular formula is C15H24O3. The highest BCUT2D eigenvalue weighted by Crippen LogP contribution is 2.38. The summed E-state index contributed by atoms with van der Waals surface area (Å²) in [6, 6.07) is 7.60. The van der Waals surface area contributed by atoms with E-state index in [-0.39, 0.29) is 0 Å². The molecule has 1 unspecified atom stereocenters. The Balaban J connectivity index is 3.12. The molecule has 1 N–H and O–H groups in total. The Kier molecular flexibility index (Phi) is 5.63. The van der Waals surface area contributed by atoms with Gasteiger partial charge < -0.3 is 14.6 Å². The lowest BCUT2D eigenvalue weighted by Gasteiger charge is -2.36. The minimum atomic E-state index is -0.680. The molecule has 1 rings (SSSR count). The Bertz CT molecular complexity index is 350. The van der Waals surface area contributed by atoms with Crippen LogP contribution in [0.5, 0.6) is 5.75 Å². The second-order valence-corrected chi connectivity index (χ2v) is 4.35. The first-order chi connectivity index (χ1) is 8.65. The lowest BCUT2D eigenvalue weighted by atomic mass is 9.85. The fourth-order valence-corrected chi connectivity index (χ4v) is 2.31. The highest BCUT2D eigenvalue weighted by molar-refractivity contribution is 5.36. The Morgan fingerprint density at radius 2 is 1.78 bits per heavy atom.